The number of carbonyl (C=O) groups excluding carboxylic acids is 1. The number of hydrogen-bond acceptors (Lipinski definition) is 4. The van der Waals surface area contributed by atoms with Crippen LogP contribution < -0.4 is 10.0 Å². The van der Waals surface area contributed by atoms with Crippen LogP contribution in [-0.4, -0.2) is 62.2 Å². The lowest BCUT2D eigenvalue weighted by Gasteiger charge is -2.38. The smallest absolute Gasteiger partial charge is 0.220 e. The van der Waals surface area contributed by atoms with E-state index < -0.39 is 10.0 Å². The summed E-state index contributed by atoms with van der Waals surface area (Å²) >= 11 is 0. The quantitative estimate of drug-likeness (QED) is 0.457. The minimum absolute atomic E-state index is 0. The summed E-state index contributed by atoms with van der Waals surface area (Å²) in [4.78, 5) is 17.9. The number of benzene rings is 1. The van der Waals surface area contributed by atoms with E-state index in [4.69, 9.17) is 0 Å². The van der Waals surface area contributed by atoms with Crippen molar-refractivity contribution in [1.82, 2.24) is 19.9 Å². The molecule has 196 valence electrons. The number of sulfonamides is 1. The van der Waals surface area contributed by atoms with Gasteiger partial charge in [0.1, 0.15) is 5.82 Å². The van der Waals surface area contributed by atoms with Crippen LogP contribution in [0, 0.1) is 17.2 Å². The minimum atomic E-state index is -3.27. The van der Waals surface area contributed by atoms with Gasteiger partial charge in [-0.3, -0.25) is 4.79 Å². The number of fused-ring (bicyclic) bond motifs is 1. The monoisotopic (exact) mass is 500 g/mol. The standard InChI is InChI=1S/C25H39FN4O3S.3H2/c1-5-34(32,33)29-23(25(2,3)4)17-30-12-9-18(10-13-30)14-24(31)27-11-8-19-16-28-22-7-6-20(26)15-21(19)22;;;/h6-7,15-16,18,23,28-29H,5,8-14,17H2,1-4H3,(H,27,31);3*1H. The number of halogens is 1. The van der Waals surface area contributed by atoms with Gasteiger partial charge in [0, 0.05) is 46.9 Å². The molecule has 1 aromatic carbocycles. The Morgan fingerprint density at radius 1 is 1.29 bits per heavy atom. The molecule has 1 unspecified atom stereocenters. The number of nitrogens with zero attached hydrogens (tertiary/aromatic N) is 1. The predicted molar refractivity (Wildman–Crippen MR) is 141 cm³/mol. The summed E-state index contributed by atoms with van der Waals surface area (Å²) < 4.78 is 40.6. The molecule has 0 spiro atoms. The Morgan fingerprint density at radius 2 is 2.00 bits per heavy atom. The Morgan fingerprint density at radius 3 is 2.65 bits per heavy atom. The van der Waals surface area contributed by atoms with E-state index in [9.17, 15) is 17.6 Å². The lowest BCUT2D eigenvalue weighted by atomic mass is 9.86. The second kappa shape index (κ2) is 11.2. The summed E-state index contributed by atoms with van der Waals surface area (Å²) in [5.41, 5.74) is 1.70. The number of likely N-dealkylation sites (tertiary alicyclic amines) is 1. The topological polar surface area (TPSA) is 94.3 Å². The largest absolute Gasteiger partial charge is 0.361 e. The summed E-state index contributed by atoms with van der Waals surface area (Å²) in [5.74, 6) is 0.195. The fourth-order valence-electron chi connectivity index (χ4n) is 4.45. The normalized spacial score (nSPS) is 17.2. The molecule has 9 heteroatoms. The Balaban J connectivity index is 0.00000432. The van der Waals surface area contributed by atoms with Gasteiger partial charge in [0.05, 0.1) is 5.75 Å². The Hall–Kier alpha value is -1.97. The van der Waals surface area contributed by atoms with E-state index >= 15 is 0 Å². The van der Waals surface area contributed by atoms with Crippen molar-refractivity contribution in [3.63, 3.8) is 0 Å². The average molecular weight is 501 g/mol. The molecule has 2 aromatic rings. The van der Waals surface area contributed by atoms with Crippen molar-refractivity contribution in [2.24, 2.45) is 11.3 Å². The van der Waals surface area contributed by atoms with Crippen molar-refractivity contribution in [1.29, 1.82) is 0 Å². The summed E-state index contributed by atoms with van der Waals surface area (Å²) in [6, 6.07) is 4.52. The van der Waals surface area contributed by atoms with Gasteiger partial charge in [-0.15, -0.1) is 0 Å². The van der Waals surface area contributed by atoms with E-state index in [1.807, 2.05) is 6.20 Å². The van der Waals surface area contributed by atoms with Gasteiger partial charge in [0.2, 0.25) is 15.9 Å². The van der Waals surface area contributed by atoms with Crippen LogP contribution >= 0.6 is 0 Å². The van der Waals surface area contributed by atoms with Crippen molar-refractivity contribution >= 4 is 26.8 Å². The second-order valence-electron chi connectivity index (χ2n) is 10.5. The predicted octanol–water partition coefficient (Wildman–Crippen LogP) is 4.16. The fraction of sp³-hybridized carbons (Fsp3) is 0.640. The minimum Gasteiger partial charge on any atom is -0.361 e. The maximum Gasteiger partial charge on any atom is 0.220 e. The molecule has 1 atom stereocenters. The highest BCUT2D eigenvalue weighted by atomic mass is 32.2. The lowest BCUT2D eigenvalue weighted by molar-refractivity contribution is -0.122. The van der Waals surface area contributed by atoms with Crippen LogP contribution in [0.3, 0.4) is 0 Å². The number of hydrogen-bond donors (Lipinski definition) is 3. The Labute approximate surface area is 207 Å². The van der Waals surface area contributed by atoms with Gasteiger partial charge >= 0.3 is 0 Å². The van der Waals surface area contributed by atoms with Gasteiger partial charge < -0.3 is 15.2 Å². The van der Waals surface area contributed by atoms with Crippen LogP contribution in [0.5, 0.6) is 0 Å². The van der Waals surface area contributed by atoms with Crippen LogP contribution in [0.4, 0.5) is 4.39 Å². The van der Waals surface area contributed by atoms with Gasteiger partial charge in [-0.2, -0.15) is 0 Å². The highest BCUT2D eigenvalue weighted by Gasteiger charge is 2.31. The van der Waals surface area contributed by atoms with Gasteiger partial charge in [0.15, 0.2) is 0 Å². The molecule has 1 amide bonds. The molecule has 1 saturated heterocycles. The molecule has 2 heterocycles. The van der Waals surface area contributed by atoms with Crippen molar-refractivity contribution < 1.29 is 21.9 Å². The summed E-state index contributed by atoms with van der Waals surface area (Å²) in [6.45, 7) is 10.7. The first-order valence-electron chi connectivity index (χ1n) is 12.2. The highest BCUT2D eigenvalue weighted by molar-refractivity contribution is 7.89. The zero-order valence-electron chi connectivity index (χ0n) is 20.8. The first kappa shape index (κ1) is 26.6. The number of aromatic amines is 1. The maximum absolute atomic E-state index is 13.5. The van der Waals surface area contributed by atoms with Crippen LogP contribution in [0.1, 0.15) is 56.8 Å². The van der Waals surface area contributed by atoms with Gasteiger partial charge in [-0.25, -0.2) is 17.5 Å². The molecular weight excluding hydrogens is 455 g/mol. The van der Waals surface area contributed by atoms with Crippen molar-refractivity contribution in [2.45, 2.75) is 59.4 Å². The van der Waals surface area contributed by atoms with E-state index in [2.05, 4.69) is 40.7 Å². The van der Waals surface area contributed by atoms with Gasteiger partial charge in [-0.05, 0) is 74.4 Å². The van der Waals surface area contributed by atoms with Crippen molar-refractivity contribution in [3.05, 3.63) is 35.8 Å². The van der Waals surface area contributed by atoms with E-state index in [0.717, 1.165) is 42.4 Å². The maximum atomic E-state index is 13.5. The van der Waals surface area contributed by atoms with Crippen LogP contribution in [0.2, 0.25) is 0 Å². The Kier molecular flexibility index (Phi) is 8.76. The summed E-state index contributed by atoms with van der Waals surface area (Å²) in [5, 5.41) is 3.86. The molecule has 0 bridgehead atoms. The molecule has 1 aliphatic rings. The molecule has 1 fully saturated rings. The van der Waals surface area contributed by atoms with E-state index in [-0.39, 0.29) is 33.2 Å². The van der Waals surface area contributed by atoms with E-state index in [1.54, 1.807) is 13.0 Å². The fourth-order valence-corrected chi connectivity index (χ4v) is 5.48. The summed E-state index contributed by atoms with van der Waals surface area (Å²) in [7, 11) is -3.27. The number of aromatic nitrogens is 1. The third kappa shape index (κ3) is 7.52. The zero-order chi connectivity index (χ0) is 24.9. The zero-order valence-corrected chi connectivity index (χ0v) is 21.6. The van der Waals surface area contributed by atoms with Crippen molar-refractivity contribution in [3.8, 4) is 0 Å². The van der Waals surface area contributed by atoms with Crippen molar-refractivity contribution in [2.75, 3.05) is 31.9 Å². The van der Waals surface area contributed by atoms with Crippen LogP contribution in [0.25, 0.3) is 10.9 Å². The lowest BCUT2D eigenvalue weighted by Crippen LogP contribution is -2.52. The Bertz CT molecular complexity index is 1080. The van der Waals surface area contributed by atoms with Gasteiger partial charge in [-0.1, -0.05) is 20.8 Å². The van der Waals surface area contributed by atoms with Crippen LogP contribution in [-0.2, 0) is 21.2 Å². The number of nitrogens with one attached hydrogen (secondary N) is 3. The van der Waals surface area contributed by atoms with Crippen LogP contribution in [0.15, 0.2) is 24.4 Å². The average Bonchev–Trinajstić information content (AvgIpc) is 3.16. The number of H-pyrrole nitrogens is 1. The SMILES string of the molecule is CCS(=O)(=O)NC(CN1CCC(CC(=O)NCCc2c[nH]c3ccc(F)cc23)CC1)C(C)(C)C.[HH].[HH].[HH]. The number of rotatable bonds is 10. The van der Waals surface area contributed by atoms with Gasteiger partial charge in [0.25, 0.3) is 0 Å². The van der Waals surface area contributed by atoms with E-state index in [0.29, 0.717) is 31.8 Å². The third-order valence-electron chi connectivity index (χ3n) is 6.82. The number of carbonyl (C=O) groups is 1. The molecule has 3 N–H and O–H groups in total. The third-order valence-corrected chi connectivity index (χ3v) is 8.22. The second-order valence-corrected chi connectivity index (χ2v) is 12.5. The molecule has 1 aromatic heterocycles. The molecular formula is C25H45FN4O3S. The van der Waals surface area contributed by atoms with E-state index in [1.165, 1.54) is 12.1 Å². The molecule has 1 aliphatic heterocycles. The molecule has 3 rings (SSSR count). The molecule has 0 aliphatic carbocycles. The molecule has 34 heavy (non-hydrogen) atoms. The molecule has 7 nitrogen and oxygen atoms in total. The summed E-state index contributed by atoms with van der Waals surface area (Å²) in [6.07, 6.45) is 4.87. The molecule has 0 radical (unpaired) electrons. The first-order chi connectivity index (χ1) is 16.0. The molecule has 0 saturated carbocycles. The number of piperidine rings is 1. The number of amides is 1. The highest BCUT2D eigenvalue weighted by Crippen LogP contribution is 2.25. The first-order valence-corrected chi connectivity index (χ1v) is 13.9.